The first-order valence-corrected chi connectivity index (χ1v) is 11.5. The van der Waals surface area contributed by atoms with E-state index < -0.39 is 6.10 Å². The molecule has 1 aromatic rings. The molecular formula is C23H33N3O6. The summed E-state index contributed by atoms with van der Waals surface area (Å²) in [4.78, 5) is 24.6. The molecule has 2 aliphatic heterocycles. The molecule has 0 radical (unpaired) electrons. The van der Waals surface area contributed by atoms with Crippen LogP contribution in [0.4, 0.5) is 10.5 Å². The van der Waals surface area contributed by atoms with Crippen molar-refractivity contribution in [2.75, 3.05) is 32.2 Å². The van der Waals surface area contributed by atoms with Crippen LogP contribution in [0.1, 0.15) is 50.0 Å². The zero-order valence-electron chi connectivity index (χ0n) is 18.5. The van der Waals surface area contributed by atoms with E-state index in [1.165, 1.54) is 0 Å². The van der Waals surface area contributed by atoms with E-state index in [9.17, 15) is 14.7 Å². The molecule has 3 amide bonds. The fourth-order valence-electron chi connectivity index (χ4n) is 4.96. The van der Waals surface area contributed by atoms with E-state index in [1.54, 1.807) is 7.11 Å². The quantitative estimate of drug-likeness (QED) is 0.452. The zero-order chi connectivity index (χ0) is 22.5. The van der Waals surface area contributed by atoms with Crippen molar-refractivity contribution in [1.82, 2.24) is 10.6 Å². The third kappa shape index (κ3) is 5.33. The molecule has 176 valence electrons. The van der Waals surface area contributed by atoms with Gasteiger partial charge in [-0.2, -0.15) is 0 Å². The second-order valence-corrected chi connectivity index (χ2v) is 8.78. The second kappa shape index (κ2) is 10.5. The molecule has 1 saturated carbocycles. The summed E-state index contributed by atoms with van der Waals surface area (Å²) >= 11 is 0. The summed E-state index contributed by atoms with van der Waals surface area (Å²) in [5, 5.41) is 18.6. The summed E-state index contributed by atoms with van der Waals surface area (Å²) in [5.74, 6) is 0.599. The van der Waals surface area contributed by atoms with Gasteiger partial charge < -0.3 is 35.3 Å². The van der Waals surface area contributed by atoms with Crippen molar-refractivity contribution in [3.05, 3.63) is 23.8 Å². The van der Waals surface area contributed by atoms with Gasteiger partial charge >= 0.3 is 6.03 Å². The van der Waals surface area contributed by atoms with Gasteiger partial charge in [0, 0.05) is 36.9 Å². The van der Waals surface area contributed by atoms with Crippen molar-refractivity contribution in [1.29, 1.82) is 0 Å². The Morgan fingerprint density at radius 3 is 2.81 bits per heavy atom. The largest absolute Gasteiger partial charge is 0.487 e. The van der Waals surface area contributed by atoms with E-state index in [-0.39, 0.29) is 49.1 Å². The highest BCUT2D eigenvalue weighted by atomic mass is 16.6. The van der Waals surface area contributed by atoms with E-state index in [0.29, 0.717) is 25.3 Å². The number of hydrogen-bond donors (Lipinski definition) is 4. The molecule has 1 saturated heterocycles. The highest BCUT2D eigenvalue weighted by molar-refractivity contribution is 5.89. The lowest BCUT2D eigenvalue weighted by molar-refractivity contribution is -0.142. The first kappa shape index (κ1) is 22.8. The van der Waals surface area contributed by atoms with Crippen molar-refractivity contribution in [2.24, 2.45) is 0 Å². The number of benzene rings is 1. The molecule has 1 aliphatic carbocycles. The van der Waals surface area contributed by atoms with Crippen LogP contribution < -0.4 is 20.7 Å². The van der Waals surface area contributed by atoms with Crippen LogP contribution in [0, 0.1) is 0 Å². The Balaban J connectivity index is 1.41. The molecule has 2 heterocycles. The molecule has 4 rings (SSSR count). The topological polar surface area (TPSA) is 118 Å². The maximum atomic E-state index is 12.4. The van der Waals surface area contributed by atoms with Crippen LogP contribution in [-0.2, 0) is 14.3 Å². The van der Waals surface area contributed by atoms with Crippen molar-refractivity contribution in [2.45, 2.75) is 68.8 Å². The Bertz CT molecular complexity index is 813. The van der Waals surface area contributed by atoms with E-state index in [1.807, 2.05) is 18.2 Å². The standard InChI is InChI=1S/C23H33N3O6/c1-30-9-8-24-21(28)12-16-11-18-17-10-15(26-23(29)25-14-4-2-3-5-14)6-7-19(17)32-22(18)20(13-27)31-16/h6-7,10,14,16,18,20,22,27H,2-5,8-9,11-13H2,1H3,(H,24,28)(H2,25,26,29)/t16-,18-,20+,22+/m0/s1. The number of carbonyl (C=O) groups is 2. The van der Waals surface area contributed by atoms with E-state index >= 15 is 0 Å². The van der Waals surface area contributed by atoms with Gasteiger partial charge in [-0.05, 0) is 37.5 Å². The van der Waals surface area contributed by atoms with Gasteiger partial charge in [0.25, 0.3) is 0 Å². The number of amides is 3. The van der Waals surface area contributed by atoms with Crippen LogP contribution in [0.15, 0.2) is 18.2 Å². The molecule has 3 aliphatic rings. The monoisotopic (exact) mass is 447 g/mol. The van der Waals surface area contributed by atoms with Gasteiger partial charge in [0.05, 0.1) is 25.7 Å². The molecule has 4 atom stereocenters. The van der Waals surface area contributed by atoms with Gasteiger partial charge in [-0.1, -0.05) is 12.8 Å². The number of methoxy groups -OCH3 is 1. The molecule has 4 N–H and O–H groups in total. The molecule has 32 heavy (non-hydrogen) atoms. The van der Waals surface area contributed by atoms with Gasteiger partial charge in [-0.3, -0.25) is 4.79 Å². The average Bonchev–Trinajstić information content (AvgIpc) is 3.41. The summed E-state index contributed by atoms with van der Waals surface area (Å²) in [6.07, 6.45) is 4.02. The van der Waals surface area contributed by atoms with Gasteiger partial charge in [-0.25, -0.2) is 4.79 Å². The molecule has 9 heteroatoms. The predicted molar refractivity (Wildman–Crippen MR) is 118 cm³/mol. The number of ether oxygens (including phenoxy) is 3. The molecule has 2 fully saturated rings. The van der Waals surface area contributed by atoms with Crippen LogP contribution in [0.3, 0.4) is 0 Å². The number of urea groups is 1. The Morgan fingerprint density at radius 1 is 1.25 bits per heavy atom. The van der Waals surface area contributed by atoms with Crippen LogP contribution in [-0.4, -0.2) is 68.3 Å². The maximum Gasteiger partial charge on any atom is 0.319 e. The first-order valence-electron chi connectivity index (χ1n) is 11.5. The third-order valence-electron chi connectivity index (χ3n) is 6.49. The summed E-state index contributed by atoms with van der Waals surface area (Å²) in [6, 6.07) is 5.65. The van der Waals surface area contributed by atoms with Crippen LogP contribution in [0.2, 0.25) is 0 Å². The highest BCUT2D eigenvalue weighted by Crippen LogP contribution is 2.47. The van der Waals surface area contributed by atoms with Crippen LogP contribution in [0.25, 0.3) is 0 Å². The number of aliphatic hydroxyl groups is 1. The lowest BCUT2D eigenvalue weighted by atomic mass is 9.84. The van der Waals surface area contributed by atoms with E-state index in [2.05, 4.69) is 16.0 Å². The number of nitrogens with one attached hydrogen (secondary N) is 3. The van der Waals surface area contributed by atoms with Crippen LogP contribution >= 0.6 is 0 Å². The van der Waals surface area contributed by atoms with E-state index in [0.717, 1.165) is 37.0 Å². The number of anilines is 1. The fourth-order valence-corrected chi connectivity index (χ4v) is 4.96. The van der Waals surface area contributed by atoms with Crippen molar-refractivity contribution < 1.29 is 28.9 Å². The number of carbonyl (C=O) groups excluding carboxylic acids is 2. The van der Waals surface area contributed by atoms with Crippen molar-refractivity contribution >= 4 is 17.6 Å². The first-order chi connectivity index (χ1) is 15.6. The molecule has 9 nitrogen and oxygen atoms in total. The molecule has 0 aromatic heterocycles. The summed E-state index contributed by atoms with van der Waals surface area (Å²) in [5.41, 5.74) is 1.67. The molecule has 0 unspecified atom stereocenters. The zero-order valence-corrected chi connectivity index (χ0v) is 18.5. The third-order valence-corrected chi connectivity index (χ3v) is 6.49. The minimum atomic E-state index is -0.514. The molecular weight excluding hydrogens is 414 g/mol. The van der Waals surface area contributed by atoms with Crippen molar-refractivity contribution in [3.63, 3.8) is 0 Å². The lowest BCUT2D eigenvalue weighted by Crippen LogP contribution is -2.47. The summed E-state index contributed by atoms with van der Waals surface area (Å²) < 4.78 is 17.0. The van der Waals surface area contributed by atoms with E-state index in [4.69, 9.17) is 14.2 Å². The van der Waals surface area contributed by atoms with Crippen LogP contribution in [0.5, 0.6) is 5.75 Å². The Labute approximate surface area is 188 Å². The SMILES string of the molecule is COCCNC(=O)C[C@@H]1C[C@H]2c3cc(NC(=O)NC4CCCC4)ccc3O[C@H]2[C@@H](CO)O1. The summed E-state index contributed by atoms with van der Waals surface area (Å²) in [6.45, 7) is 0.708. The number of hydrogen-bond acceptors (Lipinski definition) is 6. The summed E-state index contributed by atoms with van der Waals surface area (Å²) in [7, 11) is 1.58. The van der Waals surface area contributed by atoms with Crippen molar-refractivity contribution in [3.8, 4) is 5.75 Å². The molecule has 1 aromatic carbocycles. The minimum absolute atomic E-state index is 0.0210. The number of aliphatic hydroxyl groups excluding tert-OH is 1. The average molecular weight is 448 g/mol. The smallest absolute Gasteiger partial charge is 0.319 e. The van der Waals surface area contributed by atoms with Gasteiger partial charge in [0.2, 0.25) is 5.91 Å². The molecule has 0 spiro atoms. The Kier molecular flexibility index (Phi) is 7.49. The minimum Gasteiger partial charge on any atom is -0.487 e. The second-order valence-electron chi connectivity index (χ2n) is 8.78. The number of fused-ring (bicyclic) bond motifs is 3. The Morgan fingerprint density at radius 2 is 2.06 bits per heavy atom. The highest BCUT2D eigenvalue weighted by Gasteiger charge is 2.46. The lowest BCUT2D eigenvalue weighted by Gasteiger charge is -2.37. The normalized spacial score (nSPS) is 26.7. The molecule has 0 bridgehead atoms. The van der Waals surface area contributed by atoms with Gasteiger partial charge in [0.15, 0.2) is 0 Å². The fraction of sp³-hybridized carbons (Fsp3) is 0.652. The predicted octanol–water partition coefficient (Wildman–Crippen LogP) is 1.90. The van der Waals surface area contributed by atoms with Gasteiger partial charge in [0.1, 0.15) is 18.0 Å². The number of rotatable bonds is 8. The Hall–Kier alpha value is -2.36. The van der Waals surface area contributed by atoms with Gasteiger partial charge in [-0.15, -0.1) is 0 Å². The maximum absolute atomic E-state index is 12.4.